The molecule has 5 heteroatoms. The number of nitrogens with zero attached hydrogens (tertiary/aromatic N) is 2. The third-order valence-corrected chi connectivity index (χ3v) is 3.69. The number of aryl methyl sites for hydroxylation is 2. The first-order valence-corrected chi connectivity index (χ1v) is 8.12. The Morgan fingerprint density at radius 1 is 0.960 bits per heavy atom. The van der Waals surface area contributed by atoms with E-state index in [2.05, 4.69) is 20.6 Å². The molecule has 3 aromatic rings. The van der Waals surface area contributed by atoms with Crippen LogP contribution >= 0.6 is 0 Å². The van der Waals surface area contributed by atoms with E-state index in [4.69, 9.17) is 0 Å². The Hall–Kier alpha value is -3.21. The predicted molar refractivity (Wildman–Crippen MR) is 99.7 cm³/mol. The quantitative estimate of drug-likeness (QED) is 0.742. The first-order valence-electron chi connectivity index (χ1n) is 8.12. The van der Waals surface area contributed by atoms with Gasteiger partial charge in [-0.1, -0.05) is 48.0 Å². The zero-order chi connectivity index (χ0) is 17.6. The first kappa shape index (κ1) is 16.6. The summed E-state index contributed by atoms with van der Waals surface area (Å²) < 4.78 is 0. The van der Waals surface area contributed by atoms with E-state index >= 15 is 0 Å². The second-order valence-corrected chi connectivity index (χ2v) is 5.88. The van der Waals surface area contributed by atoms with E-state index in [0.717, 1.165) is 22.5 Å². The Kier molecular flexibility index (Phi) is 5.04. The highest BCUT2D eigenvalue weighted by Gasteiger charge is 2.11. The Morgan fingerprint density at radius 3 is 2.40 bits per heavy atom. The van der Waals surface area contributed by atoms with Crippen molar-refractivity contribution in [2.75, 3.05) is 10.6 Å². The topological polar surface area (TPSA) is 66.9 Å². The maximum absolute atomic E-state index is 12.4. The van der Waals surface area contributed by atoms with Gasteiger partial charge in [-0.3, -0.25) is 4.79 Å². The van der Waals surface area contributed by atoms with Gasteiger partial charge in [-0.15, -0.1) is 0 Å². The minimum Gasteiger partial charge on any atom is -0.350 e. The van der Waals surface area contributed by atoms with Gasteiger partial charge < -0.3 is 10.6 Å². The molecule has 1 heterocycles. The molecule has 0 saturated carbocycles. The second-order valence-electron chi connectivity index (χ2n) is 5.88. The number of nitrogens with one attached hydrogen (secondary N) is 2. The molecule has 1 aromatic heterocycles. The Balaban J connectivity index is 1.72. The monoisotopic (exact) mass is 332 g/mol. The van der Waals surface area contributed by atoms with Crippen LogP contribution in [-0.2, 0) is 6.54 Å². The maximum atomic E-state index is 12.4. The number of aromatic nitrogens is 2. The van der Waals surface area contributed by atoms with Crippen molar-refractivity contribution in [1.82, 2.24) is 9.97 Å². The van der Waals surface area contributed by atoms with Crippen LogP contribution in [0, 0.1) is 13.8 Å². The molecular formula is C20H20N4O. The zero-order valence-electron chi connectivity index (χ0n) is 14.3. The van der Waals surface area contributed by atoms with E-state index in [1.165, 1.54) is 0 Å². The van der Waals surface area contributed by atoms with Crippen LogP contribution in [0.4, 0.5) is 11.6 Å². The van der Waals surface area contributed by atoms with Crippen molar-refractivity contribution >= 4 is 17.5 Å². The molecule has 0 aliphatic rings. The van der Waals surface area contributed by atoms with Gasteiger partial charge >= 0.3 is 0 Å². The molecule has 1 amide bonds. The summed E-state index contributed by atoms with van der Waals surface area (Å²) in [5.41, 5.74) is 4.08. The van der Waals surface area contributed by atoms with E-state index in [1.54, 1.807) is 6.07 Å². The minimum absolute atomic E-state index is 0.253. The summed E-state index contributed by atoms with van der Waals surface area (Å²) in [6, 6.07) is 19.3. The number of rotatable bonds is 5. The molecule has 2 N–H and O–H groups in total. The second kappa shape index (κ2) is 7.57. The van der Waals surface area contributed by atoms with Crippen LogP contribution in [0.25, 0.3) is 0 Å². The molecule has 126 valence electrons. The van der Waals surface area contributed by atoms with Crippen LogP contribution in [0.3, 0.4) is 0 Å². The number of hydrogen-bond donors (Lipinski definition) is 2. The fourth-order valence-corrected chi connectivity index (χ4v) is 2.37. The van der Waals surface area contributed by atoms with Gasteiger partial charge in [0, 0.05) is 17.9 Å². The van der Waals surface area contributed by atoms with Crippen molar-refractivity contribution in [3.8, 4) is 0 Å². The van der Waals surface area contributed by atoms with Crippen LogP contribution in [0.2, 0.25) is 0 Å². The number of hydrogen-bond acceptors (Lipinski definition) is 4. The Bertz CT molecular complexity index is 861. The molecule has 0 saturated heterocycles. The summed E-state index contributed by atoms with van der Waals surface area (Å²) in [5.74, 6) is 0.190. The van der Waals surface area contributed by atoms with E-state index in [9.17, 15) is 4.79 Å². The highest BCUT2D eigenvalue weighted by molar-refractivity contribution is 6.03. The number of carbonyl (C=O) groups is 1. The van der Waals surface area contributed by atoms with Crippen molar-refractivity contribution < 1.29 is 4.79 Å². The van der Waals surface area contributed by atoms with E-state index in [-0.39, 0.29) is 5.91 Å². The normalized spacial score (nSPS) is 10.3. The van der Waals surface area contributed by atoms with Crippen molar-refractivity contribution in [3.63, 3.8) is 0 Å². The highest BCUT2D eigenvalue weighted by atomic mass is 16.1. The molecule has 0 atom stereocenters. The minimum atomic E-state index is -0.253. The predicted octanol–water partition coefficient (Wildman–Crippen LogP) is 3.96. The van der Waals surface area contributed by atoms with Gasteiger partial charge in [0.05, 0.1) is 0 Å². The summed E-state index contributed by atoms with van der Waals surface area (Å²) in [6.07, 6.45) is 0. The lowest BCUT2D eigenvalue weighted by molar-refractivity contribution is 0.102. The van der Waals surface area contributed by atoms with E-state index in [0.29, 0.717) is 18.2 Å². The lowest BCUT2D eigenvalue weighted by Crippen LogP contribution is -2.16. The SMILES string of the molecule is Cc1ccc(NC(=O)c2cc(C)nc(NCc3ccccc3)n2)cc1. The third kappa shape index (κ3) is 4.64. The average molecular weight is 332 g/mol. The molecule has 25 heavy (non-hydrogen) atoms. The number of carbonyl (C=O) groups excluding carboxylic acids is 1. The molecule has 0 unspecified atom stereocenters. The van der Waals surface area contributed by atoms with Crippen molar-refractivity contribution in [2.24, 2.45) is 0 Å². The number of anilines is 2. The smallest absolute Gasteiger partial charge is 0.274 e. The summed E-state index contributed by atoms with van der Waals surface area (Å²) in [4.78, 5) is 21.1. The third-order valence-electron chi connectivity index (χ3n) is 3.69. The molecule has 3 rings (SSSR count). The Morgan fingerprint density at radius 2 is 1.68 bits per heavy atom. The van der Waals surface area contributed by atoms with Gasteiger partial charge in [-0.05, 0) is 37.6 Å². The molecule has 0 fully saturated rings. The molecule has 0 aliphatic carbocycles. The molecular weight excluding hydrogens is 312 g/mol. The van der Waals surface area contributed by atoms with Crippen molar-refractivity contribution in [3.05, 3.63) is 83.2 Å². The fourth-order valence-electron chi connectivity index (χ4n) is 2.37. The number of amides is 1. The number of benzene rings is 2. The summed E-state index contributed by atoms with van der Waals surface area (Å²) in [6.45, 7) is 4.45. The molecule has 5 nitrogen and oxygen atoms in total. The fraction of sp³-hybridized carbons (Fsp3) is 0.150. The average Bonchev–Trinajstić information content (AvgIpc) is 2.62. The van der Waals surface area contributed by atoms with Crippen molar-refractivity contribution in [2.45, 2.75) is 20.4 Å². The van der Waals surface area contributed by atoms with Crippen LogP contribution in [0.1, 0.15) is 27.3 Å². The lowest BCUT2D eigenvalue weighted by Gasteiger charge is -2.09. The van der Waals surface area contributed by atoms with Crippen LogP contribution in [0.15, 0.2) is 60.7 Å². The van der Waals surface area contributed by atoms with Gasteiger partial charge in [0.1, 0.15) is 5.69 Å². The van der Waals surface area contributed by atoms with Gasteiger partial charge in [-0.2, -0.15) is 0 Å². The van der Waals surface area contributed by atoms with Gasteiger partial charge in [0.25, 0.3) is 5.91 Å². The van der Waals surface area contributed by atoms with Gasteiger partial charge in [0.2, 0.25) is 5.95 Å². The van der Waals surface area contributed by atoms with E-state index in [1.807, 2.05) is 68.4 Å². The summed E-state index contributed by atoms with van der Waals surface area (Å²) in [7, 11) is 0. The molecule has 0 spiro atoms. The molecule has 2 aromatic carbocycles. The van der Waals surface area contributed by atoms with E-state index < -0.39 is 0 Å². The van der Waals surface area contributed by atoms with Crippen LogP contribution in [-0.4, -0.2) is 15.9 Å². The standard InChI is InChI=1S/C20H20N4O/c1-14-8-10-17(11-9-14)23-19(25)18-12-15(2)22-20(24-18)21-13-16-6-4-3-5-7-16/h3-12H,13H2,1-2H3,(H,23,25)(H,21,22,24). The summed E-state index contributed by atoms with van der Waals surface area (Å²) in [5, 5.41) is 6.02. The van der Waals surface area contributed by atoms with Gasteiger partial charge in [0.15, 0.2) is 0 Å². The van der Waals surface area contributed by atoms with Crippen LogP contribution in [0.5, 0.6) is 0 Å². The first-order chi connectivity index (χ1) is 12.1. The van der Waals surface area contributed by atoms with Crippen LogP contribution < -0.4 is 10.6 Å². The maximum Gasteiger partial charge on any atom is 0.274 e. The lowest BCUT2D eigenvalue weighted by atomic mass is 10.2. The molecule has 0 radical (unpaired) electrons. The summed E-state index contributed by atoms with van der Waals surface area (Å²) >= 11 is 0. The zero-order valence-corrected chi connectivity index (χ0v) is 14.3. The molecule has 0 bridgehead atoms. The Labute approximate surface area is 147 Å². The largest absolute Gasteiger partial charge is 0.350 e. The van der Waals surface area contributed by atoms with Crippen molar-refractivity contribution in [1.29, 1.82) is 0 Å². The highest BCUT2D eigenvalue weighted by Crippen LogP contribution is 2.12. The molecule has 0 aliphatic heterocycles. The van der Waals surface area contributed by atoms with Gasteiger partial charge in [-0.25, -0.2) is 9.97 Å².